The maximum atomic E-state index is 11.8. The van der Waals surface area contributed by atoms with E-state index in [0.717, 1.165) is 16.6 Å². The van der Waals surface area contributed by atoms with Crippen molar-refractivity contribution >= 4 is 44.7 Å². The molecule has 0 saturated carbocycles. The molecule has 0 aliphatic rings. The first-order chi connectivity index (χ1) is 8.61. The van der Waals surface area contributed by atoms with Gasteiger partial charge in [0, 0.05) is 12.5 Å². The first kappa shape index (κ1) is 13.3. The Hall–Kier alpha value is -1.17. The van der Waals surface area contributed by atoms with Crippen LogP contribution in [-0.4, -0.2) is 16.9 Å². The lowest BCUT2D eigenvalue weighted by Gasteiger charge is -2.11. The number of nitrogens with two attached hydrogens (primary N) is 1. The van der Waals surface area contributed by atoms with Crippen molar-refractivity contribution in [2.75, 3.05) is 5.32 Å². The zero-order chi connectivity index (χ0) is 13.1. The summed E-state index contributed by atoms with van der Waals surface area (Å²) in [6.07, 6.45) is 1.05. The van der Waals surface area contributed by atoms with Crippen LogP contribution in [-0.2, 0) is 4.79 Å². The zero-order valence-electron chi connectivity index (χ0n) is 9.94. The number of halogens is 1. The summed E-state index contributed by atoms with van der Waals surface area (Å²) in [5, 5.41) is 3.29. The maximum absolute atomic E-state index is 11.8. The molecule has 0 spiro atoms. The Morgan fingerprint density at radius 2 is 2.39 bits per heavy atom. The lowest BCUT2D eigenvalue weighted by Crippen LogP contribution is -2.26. The van der Waals surface area contributed by atoms with E-state index in [-0.39, 0.29) is 18.4 Å². The molecule has 0 aliphatic carbocycles. The summed E-state index contributed by atoms with van der Waals surface area (Å²) in [5.41, 5.74) is 8.78. The second-order valence-electron chi connectivity index (χ2n) is 4.04. The molecule has 0 fully saturated rings. The number of thiazole rings is 1. The van der Waals surface area contributed by atoms with Crippen LogP contribution in [0.3, 0.4) is 0 Å². The molecule has 1 aromatic heterocycles. The van der Waals surface area contributed by atoms with E-state index in [2.05, 4.69) is 10.3 Å². The number of benzene rings is 1. The molecule has 1 atom stereocenters. The van der Waals surface area contributed by atoms with Crippen molar-refractivity contribution in [1.29, 1.82) is 0 Å². The second kappa shape index (κ2) is 5.65. The molecule has 1 aromatic carbocycles. The van der Waals surface area contributed by atoms with E-state index in [0.29, 0.717) is 10.7 Å². The quantitative estimate of drug-likeness (QED) is 0.906. The third-order valence-corrected chi connectivity index (χ3v) is 3.80. The van der Waals surface area contributed by atoms with E-state index >= 15 is 0 Å². The van der Waals surface area contributed by atoms with Crippen molar-refractivity contribution < 1.29 is 4.79 Å². The number of carbonyl (C=O) groups excluding carboxylic acids is 1. The first-order valence-corrected chi connectivity index (χ1v) is 6.94. The van der Waals surface area contributed by atoms with Crippen molar-refractivity contribution in [3.63, 3.8) is 0 Å². The van der Waals surface area contributed by atoms with Gasteiger partial charge < -0.3 is 11.1 Å². The van der Waals surface area contributed by atoms with E-state index in [1.54, 1.807) is 11.6 Å². The molecule has 1 heterocycles. The Labute approximate surface area is 114 Å². The summed E-state index contributed by atoms with van der Waals surface area (Å²) in [5.74, 6) is -0.133. The molecule has 0 radical (unpaired) electrons. The molecule has 0 aliphatic heterocycles. The van der Waals surface area contributed by atoms with Crippen LogP contribution in [0.1, 0.15) is 19.8 Å². The number of aromatic nitrogens is 1. The van der Waals surface area contributed by atoms with E-state index in [1.807, 2.05) is 13.0 Å². The highest BCUT2D eigenvalue weighted by molar-refractivity contribution is 7.16. The third-order valence-electron chi connectivity index (χ3n) is 2.69. The number of amides is 1. The Morgan fingerprint density at radius 3 is 3.11 bits per heavy atom. The monoisotopic (exact) mass is 283 g/mol. The molecule has 0 bridgehead atoms. The van der Waals surface area contributed by atoms with E-state index in [9.17, 15) is 4.79 Å². The minimum absolute atomic E-state index is 0.126. The smallest absolute Gasteiger partial charge is 0.226 e. The Bertz CT molecular complexity index is 569. The molecular formula is C12H14ClN3OS. The summed E-state index contributed by atoms with van der Waals surface area (Å²) in [7, 11) is 0. The fraction of sp³-hybridized carbons (Fsp3) is 0.333. The van der Waals surface area contributed by atoms with Gasteiger partial charge in [-0.05, 0) is 18.6 Å². The minimum Gasteiger partial charge on any atom is -0.327 e. The number of nitrogens with zero attached hydrogens (tertiary/aromatic N) is 1. The highest BCUT2D eigenvalue weighted by Crippen LogP contribution is 2.32. The lowest BCUT2D eigenvalue weighted by molar-refractivity contribution is -0.116. The minimum atomic E-state index is -0.133. The van der Waals surface area contributed by atoms with Crippen LogP contribution < -0.4 is 11.1 Å². The van der Waals surface area contributed by atoms with Crippen LogP contribution in [0.15, 0.2) is 17.6 Å². The number of carbonyl (C=O) groups is 1. The van der Waals surface area contributed by atoms with E-state index in [1.165, 1.54) is 11.3 Å². The Morgan fingerprint density at radius 1 is 1.61 bits per heavy atom. The molecule has 2 rings (SSSR count). The molecule has 3 N–H and O–H groups in total. The SMILES string of the molecule is CCC(N)CC(=O)Nc1c(Cl)ccc2scnc12. The number of rotatable bonds is 4. The summed E-state index contributed by atoms with van der Waals surface area (Å²) < 4.78 is 0.995. The standard InChI is InChI=1S/C12H14ClN3OS/c1-2-7(14)5-10(17)16-11-8(13)3-4-9-12(11)15-6-18-9/h3-4,6-7H,2,5,14H2,1H3,(H,16,17). The van der Waals surface area contributed by atoms with Gasteiger partial charge in [0.1, 0.15) is 5.52 Å². The van der Waals surface area contributed by atoms with Gasteiger partial charge in [-0.3, -0.25) is 4.79 Å². The predicted molar refractivity (Wildman–Crippen MR) is 76.1 cm³/mol. The van der Waals surface area contributed by atoms with Gasteiger partial charge in [-0.25, -0.2) is 4.98 Å². The van der Waals surface area contributed by atoms with Crippen molar-refractivity contribution in [1.82, 2.24) is 4.98 Å². The molecular weight excluding hydrogens is 270 g/mol. The first-order valence-electron chi connectivity index (χ1n) is 5.69. The van der Waals surface area contributed by atoms with Crippen LogP contribution in [0.25, 0.3) is 10.2 Å². The average Bonchev–Trinajstić information content (AvgIpc) is 2.81. The van der Waals surface area contributed by atoms with Crippen LogP contribution in [0.5, 0.6) is 0 Å². The van der Waals surface area contributed by atoms with Crippen molar-refractivity contribution in [3.05, 3.63) is 22.7 Å². The van der Waals surface area contributed by atoms with Crippen molar-refractivity contribution in [2.24, 2.45) is 5.73 Å². The van der Waals surface area contributed by atoms with Crippen LogP contribution in [0.4, 0.5) is 5.69 Å². The summed E-state index contributed by atoms with van der Waals surface area (Å²) in [4.78, 5) is 16.0. The summed E-state index contributed by atoms with van der Waals surface area (Å²) in [6, 6.07) is 3.53. The third kappa shape index (κ3) is 2.80. The molecule has 0 saturated heterocycles. The van der Waals surface area contributed by atoms with E-state index < -0.39 is 0 Å². The number of fused-ring (bicyclic) bond motifs is 1. The van der Waals surface area contributed by atoms with Gasteiger partial charge in [-0.2, -0.15) is 0 Å². The van der Waals surface area contributed by atoms with Gasteiger partial charge in [-0.15, -0.1) is 11.3 Å². The van der Waals surface area contributed by atoms with Gasteiger partial charge in [-0.1, -0.05) is 18.5 Å². The number of hydrogen-bond acceptors (Lipinski definition) is 4. The molecule has 2 aromatic rings. The number of hydrogen-bond donors (Lipinski definition) is 2. The van der Waals surface area contributed by atoms with E-state index in [4.69, 9.17) is 17.3 Å². The normalized spacial score (nSPS) is 12.6. The summed E-state index contributed by atoms with van der Waals surface area (Å²) >= 11 is 7.60. The van der Waals surface area contributed by atoms with Gasteiger partial charge in [0.15, 0.2) is 0 Å². The molecule has 18 heavy (non-hydrogen) atoms. The van der Waals surface area contributed by atoms with Gasteiger partial charge in [0.05, 0.1) is 20.9 Å². The molecule has 1 amide bonds. The topological polar surface area (TPSA) is 68.0 Å². The van der Waals surface area contributed by atoms with Gasteiger partial charge >= 0.3 is 0 Å². The second-order valence-corrected chi connectivity index (χ2v) is 5.34. The van der Waals surface area contributed by atoms with Crippen LogP contribution in [0.2, 0.25) is 5.02 Å². The van der Waals surface area contributed by atoms with Gasteiger partial charge in [0.25, 0.3) is 0 Å². The fourth-order valence-electron chi connectivity index (χ4n) is 1.60. The molecule has 96 valence electrons. The predicted octanol–water partition coefficient (Wildman–Crippen LogP) is 3.02. The molecule has 1 unspecified atom stereocenters. The Kier molecular flexibility index (Phi) is 4.16. The van der Waals surface area contributed by atoms with Crippen molar-refractivity contribution in [3.8, 4) is 0 Å². The molecule has 6 heteroatoms. The molecule has 4 nitrogen and oxygen atoms in total. The lowest BCUT2D eigenvalue weighted by atomic mass is 10.1. The van der Waals surface area contributed by atoms with Crippen LogP contribution in [0, 0.1) is 0 Å². The van der Waals surface area contributed by atoms with Crippen molar-refractivity contribution in [2.45, 2.75) is 25.8 Å². The fourth-order valence-corrected chi connectivity index (χ4v) is 2.48. The highest BCUT2D eigenvalue weighted by Gasteiger charge is 2.13. The zero-order valence-corrected chi connectivity index (χ0v) is 11.5. The van der Waals surface area contributed by atoms with Gasteiger partial charge in [0.2, 0.25) is 5.91 Å². The maximum Gasteiger partial charge on any atom is 0.226 e. The largest absolute Gasteiger partial charge is 0.327 e. The number of anilines is 1. The summed E-state index contributed by atoms with van der Waals surface area (Å²) in [6.45, 7) is 1.95. The Balaban J connectivity index is 2.23. The number of nitrogens with one attached hydrogen (secondary N) is 1. The highest BCUT2D eigenvalue weighted by atomic mass is 35.5. The van der Waals surface area contributed by atoms with Crippen LogP contribution >= 0.6 is 22.9 Å². The average molecular weight is 284 g/mol.